The maximum absolute atomic E-state index is 13.8. The lowest BCUT2D eigenvalue weighted by atomic mass is 10.0. The lowest BCUT2D eigenvalue weighted by Gasteiger charge is -2.23. The van der Waals surface area contributed by atoms with Gasteiger partial charge in [-0.05, 0) is 65.5 Å². The first-order chi connectivity index (χ1) is 27.1. The summed E-state index contributed by atoms with van der Waals surface area (Å²) in [7, 11) is 3.85. The summed E-state index contributed by atoms with van der Waals surface area (Å²) in [5.74, 6) is -0.959. The van der Waals surface area contributed by atoms with E-state index >= 15 is 0 Å². The quantitative estimate of drug-likeness (QED) is 0.0497. The maximum Gasteiger partial charge on any atom is 0.333 e. The van der Waals surface area contributed by atoms with E-state index in [1.165, 1.54) is 74.6 Å². The number of carbonyl (C=O) groups excluding carboxylic acids is 2. The molecular weight excluding hydrogens is 711 g/mol. The van der Waals surface area contributed by atoms with Crippen LogP contribution in [-0.4, -0.2) is 77.6 Å². The molecule has 1 aliphatic heterocycles. The van der Waals surface area contributed by atoms with E-state index in [0.717, 1.165) is 101 Å². The van der Waals surface area contributed by atoms with Gasteiger partial charge in [0, 0.05) is 25.2 Å². The third kappa shape index (κ3) is 20.8. The lowest BCUT2D eigenvalue weighted by Crippen LogP contribution is -2.42. The average Bonchev–Trinajstić information content (AvgIpc) is 3.56. The molecule has 11 nitrogen and oxygen atoms in total. The normalized spacial score (nSPS) is 18.0. The summed E-state index contributed by atoms with van der Waals surface area (Å²) in [6, 6.07) is 1.29. The van der Waals surface area contributed by atoms with Gasteiger partial charge in [0.2, 0.25) is 0 Å². The number of unbranched alkanes of at least 4 members (excludes halogenated alkanes) is 16. The zero-order chi connectivity index (χ0) is 41.0. The van der Waals surface area contributed by atoms with E-state index in [9.17, 15) is 19.2 Å². The van der Waals surface area contributed by atoms with Gasteiger partial charge in [-0.25, -0.2) is 14.2 Å². The topological polar surface area (TPSA) is 118 Å². The lowest BCUT2D eigenvalue weighted by molar-refractivity contribution is -0.158. The molecule has 0 radical (unpaired) electrons. The molecular formula is C45H81N3O8. The first-order valence-electron chi connectivity index (χ1n) is 22.8. The van der Waals surface area contributed by atoms with Crippen molar-refractivity contribution in [2.75, 3.05) is 27.2 Å². The van der Waals surface area contributed by atoms with Crippen LogP contribution in [0.25, 0.3) is 0 Å². The number of rotatable bonds is 34. The molecule has 1 aromatic rings. The third-order valence-corrected chi connectivity index (χ3v) is 10.9. The van der Waals surface area contributed by atoms with Crippen molar-refractivity contribution in [2.24, 2.45) is 0 Å². The van der Waals surface area contributed by atoms with E-state index in [4.69, 9.17) is 18.9 Å². The van der Waals surface area contributed by atoms with Crippen LogP contribution < -0.4 is 11.2 Å². The van der Waals surface area contributed by atoms with Crippen molar-refractivity contribution in [2.45, 2.75) is 225 Å². The summed E-state index contributed by atoms with van der Waals surface area (Å²) in [4.78, 5) is 55.1. The van der Waals surface area contributed by atoms with Gasteiger partial charge in [0.15, 0.2) is 0 Å². The Bertz CT molecular complexity index is 1300. The third-order valence-electron chi connectivity index (χ3n) is 10.9. The van der Waals surface area contributed by atoms with Crippen LogP contribution in [0.15, 0.2) is 21.9 Å². The van der Waals surface area contributed by atoms with Crippen LogP contribution in [0.1, 0.15) is 194 Å². The van der Waals surface area contributed by atoms with Gasteiger partial charge in [0.25, 0.3) is 5.56 Å². The number of likely N-dealkylation sites (N-methyl/N-ethyl adjacent to an activating group) is 1. The summed E-state index contributed by atoms with van der Waals surface area (Å²) in [6.07, 6.45) is 26.0. The molecule has 2 unspecified atom stereocenters. The Morgan fingerprint density at radius 2 is 1.14 bits per heavy atom. The molecule has 1 fully saturated rings. The molecule has 5 atom stereocenters. The molecule has 2 heterocycles. The Morgan fingerprint density at radius 1 is 0.696 bits per heavy atom. The second kappa shape index (κ2) is 30.6. The standard InChI is InChI=1S/C45H81N3O8/c1-7-11-15-19-21-25-29-37(27-23-17-13-9-3)54-43(50)35-48-41(49)31-32-47(45(48)52)42-33-39(40(56-42)34-46(5)6)53-36-44(51)55-38(28-24-18-14-10-4)30-26-22-20-16-12-8-2/h31-32,37-40,42H,7-30,33-36H2,1-6H3/t37?,38?,39-,40+,42+/m0/s1. The molecule has 0 amide bonds. The zero-order valence-corrected chi connectivity index (χ0v) is 36.4. The highest BCUT2D eigenvalue weighted by Gasteiger charge is 2.38. The molecule has 0 aromatic carbocycles. The van der Waals surface area contributed by atoms with Crippen LogP contribution in [0.3, 0.4) is 0 Å². The molecule has 0 saturated carbocycles. The predicted octanol–water partition coefficient (Wildman–Crippen LogP) is 9.51. The molecule has 324 valence electrons. The monoisotopic (exact) mass is 792 g/mol. The number of carbonyl (C=O) groups is 2. The minimum Gasteiger partial charge on any atom is -0.461 e. The Balaban J connectivity index is 2.07. The van der Waals surface area contributed by atoms with Gasteiger partial charge in [-0.2, -0.15) is 0 Å². The Labute approximate surface area is 339 Å². The summed E-state index contributed by atoms with van der Waals surface area (Å²) < 4.78 is 26.7. The fourth-order valence-electron chi connectivity index (χ4n) is 7.64. The summed E-state index contributed by atoms with van der Waals surface area (Å²) in [5.41, 5.74) is -1.21. The smallest absolute Gasteiger partial charge is 0.333 e. The molecule has 2 rings (SSSR count). The number of nitrogens with zero attached hydrogens (tertiary/aromatic N) is 3. The highest BCUT2D eigenvalue weighted by molar-refractivity contribution is 5.71. The molecule has 0 N–H and O–H groups in total. The summed E-state index contributed by atoms with van der Waals surface area (Å²) in [5, 5.41) is 0. The molecule has 0 spiro atoms. The average molecular weight is 792 g/mol. The Kier molecular flexibility index (Phi) is 27.1. The SMILES string of the molecule is CCCCCCCCC(CCCCCC)OC(=O)CO[C@H]1C[C@H](n2ccc(=O)n(CC(=O)OC(CCCCCC)CCCCCCCC)c2=O)O[C@@H]1CN(C)C. The van der Waals surface area contributed by atoms with Crippen molar-refractivity contribution in [3.05, 3.63) is 33.1 Å². The van der Waals surface area contributed by atoms with Crippen LogP contribution in [-0.2, 0) is 35.1 Å². The van der Waals surface area contributed by atoms with Gasteiger partial charge < -0.3 is 23.8 Å². The Morgan fingerprint density at radius 3 is 1.62 bits per heavy atom. The van der Waals surface area contributed by atoms with E-state index in [1.807, 2.05) is 19.0 Å². The van der Waals surface area contributed by atoms with Crippen molar-refractivity contribution in [1.82, 2.24) is 14.0 Å². The number of ether oxygens (including phenoxy) is 4. The number of esters is 2. The van der Waals surface area contributed by atoms with Crippen molar-refractivity contribution in [1.29, 1.82) is 0 Å². The van der Waals surface area contributed by atoms with Gasteiger partial charge in [-0.15, -0.1) is 0 Å². The van der Waals surface area contributed by atoms with Crippen LogP contribution in [0.2, 0.25) is 0 Å². The van der Waals surface area contributed by atoms with E-state index in [0.29, 0.717) is 13.0 Å². The van der Waals surface area contributed by atoms with E-state index in [2.05, 4.69) is 27.7 Å². The van der Waals surface area contributed by atoms with Crippen molar-refractivity contribution >= 4 is 11.9 Å². The highest BCUT2D eigenvalue weighted by Crippen LogP contribution is 2.30. The predicted molar refractivity (Wildman–Crippen MR) is 225 cm³/mol. The first kappa shape index (κ1) is 49.6. The number of hydrogen-bond donors (Lipinski definition) is 0. The number of hydrogen-bond acceptors (Lipinski definition) is 9. The molecule has 1 aromatic heterocycles. The highest BCUT2D eigenvalue weighted by atomic mass is 16.6. The molecule has 0 aliphatic carbocycles. The number of aromatic nitrogens is 2. The van der Waals surface area contributed by atoms with Crippen molar-refractivity contribution in [3.63, 3.8) is 0 Å². The van der Waals surface area contributed by atoms with Gasteiger partial charge in [0.1, 0.15) is 31.6 Å². The minimum atomic E-state index is -0.741. The van der Waals surface area contributed by atoms with Gasteiger partial charge >= 0.3 is 17.6 Å². The fraction of sp³-hybridized carbons (Fsp3) is 0.867. The fourth-order valence-corrected chi connectivity index (χ4v) is 7.64. The zero-order valence-electron chi connectivity index (χ0n) is 36.4. The van der Waals surface area contributed by atoms with Crippen LogP contribution in [0.5, 0.6) is 0 Å². The van der Waals surface area contributed by atoms with Gasteiger partial charge in [0.05, 0.1) is 12.2 Å². The van der Waals surface area contributed by atoms with E-state index < -0.39 is 42.2 Å². The largest absolute Gasteiger partial charge is 0.461 e. The van der Waals surface area contributed by atoms with Gasteiger partial charge in [-0.1, -0.05) is 130 Å². The summed E-state index contributed by atoms with van der Waals surface area (Å²) in [6.45, 7) is 8.63. The molecule has 1 aliphatic rings. The van der Waals surface area contributed by atoms with E-state index in [1.54, 1.807) is 0 Å². The van der Waals surface area contributed by atoms with Crippen LogP contribution in [0, 0.1) is 0 Å². The first-order valence-corrected chi connectivity index (χ1v) is 22.8. The minimum absolute atomic E-state index is 0.113. The van der Waals surface area contributed by atoms with Crippen molar-refractivity contribution < 1.29 is 28.5 Å². The molecule has 56 heavy (non-hydrogen) atoms. The maximum atomic E-state index is 13.8. The molecule has 11 heteroatoms. The van der Waals surface area contributed by atoms with E-state index in [-0.39, 0.29) is 24.8 Å². The van der Waals surface area contributed by atoms with Crippen LogP contribution in [0.4, 0.5) is 0 Å². The second-order valence-electron chi connectivity index (χ2n) is 16.4. The van der Waals surface area contributed by atoms with Crippen LogP contribution >= 0.6 is 0 Å². The van der Waals surface area contributed by atoms with Gasteiger partial charge in [-0.3, -0.25) is 14.2 Å². The second-order valence-corrected chi connectivity index (χ2v) is 16.4. The van der Waals surface area contributed by atoms with Crippen molar-refractivity contribution in [3.8, 4) is 0 Å². The summed E-state index contributed by atoms with van der Waals surface area (Å²) >= 11 is 0. The molecule has 0 bridgehead atoms. The molecule has 1 saturated heterocycles. The Hall–Kier alpha value is -2.50.